The Hall–Kier alpha value is -8.86. The molecule has 0 fully saturated rings. The summed E-state index contributed by atoms with van der Waals surface area (Å²) in [4.78, 5) is 20.8. The Kier molecular flexibility index (Phi) is 9.61. The second-order valence-corrected chi connectivity index (χ2v) is 17.7. The molecule has 2 atom stereocenters. The van der Waals surface area contributed by atoms with Crippen LogP contribution in [0.4, 0.5) is 0 Å². The normalized spacial score (nSPS) is 14.2. The lowest BCUT2D eigenvalue weighted by molar-refractivity contribution is 0.755. The van der Waals surface area contributed by atoms with Crippen molar-refractivity contribution in [2.75, 3.05) is 0 Å². The Labute approximate surface area is 396 Å². The van der Waals surface area contributed by atoms with Gasteiger partial charge in [-0.05, 0) is 79.9 Å². The van der Waals surface area contributed by atoms with Gasteiger partial charge in [-0.3, -0.25) is 0 Å². The first-order chi connectivity index (χ1) is 33.7. The minimum absolute atomic E-state index is 0.0867. The minimum atomic E-state index is 0.0867. The van der Waals surface area contributed by atoms with Crippen molar-refractivity contribution < 1.29 is 0 Å². The Bertz CT molecular complexity index is 3320. The van der Waals surface area contributed by atoms with Gasteiger partial charge in [0, 0.05) is 45.2 Å². The molecule has 0 amide bonds. The summed E-state index contributed by atoms with van der Waals surface area (Å²) >= 11 is 0. The van der Waals surface area contributed by atoms with Gasteiger partial charge in [0.25, 0.3) is 0 Å². The Morgan fingerprint density at radius 3 is 1.03 bits per heavy atom. The summed E-state index contributed by atoms with van der Waals surface area (Å²) in [7, 11) is 0. The number of hydrogen-bond acceptors (Lipinski definition) is 4. The zero-order valence-electron chi connectivity index (χ0n) is 37.0. The fraction of sp³-hybridized carbons (Fsp3) is 0.0312. The van der Waals surface area contributed by atoms with Gasteiger partial charge in [-0.1, -0.05) is 218 Å². The number of aromatic nitrogens is 4. The highest BCUT2D eigenvalue weighted by Crippen LogP contribution is 2.57. The molecule has 4 nitrogen and oxygen atoms in total. The largest absolute Gasteiger partial charge is 0.228 e. The van der Waals surface area contributed by atoms with Gasteiger partial charge in [-0.2, -0.15) is 0 Å². The molecule has 2 bridgehead atoms. The highest BCUT2D eigenvalue weighted by Gasteiger charge is 2.41. The lowest BCUT2D eigenvalue weighted by Crippen LogP contribution is -2.27. The van der Waals surface area contributed by atoms with Crippen molar-refractivity contribution in [2.45, 2.75) is 11.8 Å². The first-order valence-electron chi connectivity index (χ1n) is 23.3. The predicted octanol–water partition coefficient (Wildman–Crippen LogP) is 15.6. The second-order valence-electron chi connectivity index (χ2n) is 17.7. The van der Waals surface area contributed by atoms with E-state index in [0.29, 0.717) is 11.6 Å². The fourth-order valence-corrected chi connectivity index (χ4v) is 10.6. The van der Waals surface area contributed by atoms with Crippen LogP contribution in [-0.2, 0) is 0 Å². The van der Waals surface area contributed by atoms with Crippen LogP contribution in [0, 0.1) is 0 Å². The van der Waals surface area contributed by atoms with Gasteiger partial charge in [0.05, 0.1) is 22.8 Å². The third kappa shape index (κ3) is 6.85. The summed E-state index contributed by atoms with van der Waals surface area (Å²) in [6.07, 6.45) is 0. The Morgan fingerprint density at radius 2 is 0.544 bits per heavy atom. The molecule has 3 aliphatic carbocycles. The van der Waals surface area contributed by atoms with Crippen LogP contribution >= 0.6 is 0 Å². The molecule has 14 rings (SSSR count). The van der Waals surface area contributed by atoms with E-state index in [0.717, 1.165) is 72.8 Å². The van der Waals surface area contributed by atoms with Crippen molar-refractivity contribution in [3.8, 4) is 90.1 Å². The van der Waals surface area contributed by atoms with Gasteiger partial charge in [0.1, 0.15) is 0 Å². The SMILES string of the molecule is c1ccc(-c2cc(-c3ccccc3-c3ccc4c(c3)C3c5ccccc5C4c4cc(-c5ccccc5-c5nc(-c6ccccc6)cc(-c6ccccc6)n5)ccc43)nc(-c3ccccc3)n2)cc1. The smallest absolute Gasteiger partial charge is 0.161 e. The van der Waals surface area contributed by atoms with Crippen molar-refractivity contribution in [3.05, 3.63) is 276 Å². The number of benzene rings is 9. The molecule has 68 heavy (non-hydrogen) atoms. The molecule has 2 heterocycles. The average Bonchev–Trinajstić information content (AvgIpc) is 3.43. The first kappa shape index (κ1) is 39.5. The first-order valence-corrected chi connectivity index (χ1v) is 23.3. The van der Waals surface area contributed by atoms with Crippen LogP contribution in [0.5, 0.6) is 0 Å². The summed E-state index contributed by atoms with van der Waals surface area (Å²) in [5.41, 5.74) is 22.6. The van der Waals surface area contributed by atoms with Crippen LogP contribution in [0.1, 0.15) is 45.2 Å². The van der Waals surface area contributed by atoms with Gasteiger partial charge >= 0.3 is 0 Å². The lowest BCUT2D eigenvalue weighted by atomic mass is 9.60. The average molecular weight is 867 g/mol. The summed E-state index contributed by atoms with van der Waals surface area (Å²) in [5.74, 6) is 1.59. The summed E-state index contributed by atoms with van der Waals surface area (Å²) in [5, 5.41) is 0. The molecule has 3 aliphatic rings. The van der Waals surface area contributed by atoms with Crippen molar-refractivity contribution in [2.24, 2.45) is 0 Å². The molecule has 4 heteroatoms. The Morgan fingerprint density at radius 1 is 0.206 bits per heavy atom. The van der Waals surface area contributed by atoms with E-state index >= 15 is 0 Å². The number of hydrogen-bond donors (Lipinski definition) is 0. The molecular formula is C64H42N4. The third-order valence-corrected chi connectivity index (χ3v) is 13.7. The molecule has 0 N–H and O–H groups in total. The minimum Gasteiger partial charge on any atom is -0.228 e. The van der Waals surface area contributed by atoms with Crippen molar-refractivity contribution in [1.29, 1.82) is 0 Å². The number of rotatable bonds is 8. The van der Waals surface area contributed by atoms with Crippen molar-refractivity contribution in [1.82, 2.24) is 19.9 Å². The van der Waals surface area contributed by atoms with Crippen LogP contribution < -0.4 is 0 Å². The number of nitrogens with zero attached hydrogens (tertiary/aromatic N) is 4. The third-order valence-electron chi connectivity index (χ3n) is 13.7. The van der Waals surface area contributed by atoms with Gasteiger partial charge < -0.3 is 0 Å². The van der Waals surface area contributed by atoms with E-state index in [-0.39, 0.29) is 11.8 Å². The molecule has 0 aliphatic heterocycles. The van der Waals surface area contributed by atoms with Crippen molar-refractivity contribution >= 4 is 0 Å². The monoisotopic (exact) mass is 866 g/mol. The topological polar surface area (TPSA) is 51.6 Å². The van der Waals surface area contributed by atoms with Crippen LogP contribution in [0.2, 0.25) is 0 Å². The van der Waals surface area contributed by atoms with Crippen molar-refractivity contribution in [3.63, 3.8) is 0 Å². The zero-order chi connectivity index (χ0) is 45.0. The zero-order valence-corrected chi connectivity index (χ0v) is 37.0. The van der Waals surface area contributed by atoms with E-state index < -0.39 is 0 Å². The van der Waals surface area contributed by atoms with Gasteiger partial charge in [-0.15, -0.1) is 0 Å². The fourth-order valence-electron chi connectivity index (χ4n) is 10.6. The molecule has 11 aromatic rings. The van der Waals surface area contributed by atoms with Gasteiger partial charge in [-0.25, -0.2) is 19.9 Å². The quantitative estimate of drug-likeness (QED) is 0.153. The van der Waals surface area contributed by atoms with E-state index in [9.17, 15) is 0 Å². The van der Waals surface area contributed by atoms with E-state index in [1.807, 2.05) is 36.4 Å². The summed E-state index contributed by atoms with van der Waals surface area (Å²) < 4.78 is 0. The molecule has 0 saturated heterocycles. The molecule has 2 unspecified atom stereocenters. The Balaban J connectivity index is 0.918. The van der Waals surface area contributed by atoms with E-state index in [1.165, 1.54) is 38.9 Å². The molecule has 2 aromatic heterocycles. The van der Waals surface area contributed by atoms with Crippen LogP contribution in [0.3, 0.4) is 0 Å². The van der Waals surface area contributed by atoms with E-state index in [2.05, 4.69) is 206 Å². The maximum Gasteiger partial charge on any atom is 0.161 e. The van der Waals surface area contributed by atoms with E-state index in [1.54, 1.807) is 0 Å². The highest BCUT2D eigenvalue weighted by atomic mass is 14.9. The molecule has 9 aromatic carbocycles. The molecule has 0 saturated carbocycles. The maximum absolute atomic E-state index is 5.25. The summed E-state index contributed by atoms with van der Waals surface area (Å²) in [6.45, 7) is 0. The standard InChI is InChI=1S/C64H42N4/c1-5-19-41(20-6-1)57-39-58(42-21-7-2-8-22-42)67-64(66-57)54-32-18-14-28-48(54)46-34-36-53-56(38-46)62-51-31-17-16-30-50(51)61(53)55-37-45(33-35-52(55)62)47-27-13-15-29-49(47)60-40-59(43-23-9-3-10-24-43)65-63(68-60)44-25-11-4-12-26-44/h1-40,61-62H. The summed E-state index contributed by atoms with van der Waals surface area (Å²) in [6, 6.07) is 86.3. The molecule has 0 spiro atoms. The van der Waals surface area contributed by atoms with Crippen LogP contribution in [-0.4, -0.2) is 19.9 Å². The molecule has 0 radical (unpaired) electrons. The lowest BCUT2D eigenvalue weighted by Gasteiger charge is -2.42. The van der Waals surface area contributed by atoms with E-state index in [4.69, 9.17) is 19.9 Å². The van der Waals surface area contributed by atoms with Crippen LogP contribution in [0.25, 0.3) is 90.1 Å². The van der Waals surface area contributed by atoms with Gasteiger partial charge in [0.2, 0.25) is 0 Å². The van der Waals surface area contributed by atoms with Gasteiger partial charge in [0.15, 0.2) is 11.6 Å². The molecular weight excluding hydrogens is 825 g/mol. The van der Waals surface area contributed by atoms with Crippen LogP contribution in [0.15, 0.2) is 243 Å². The maximum atomic E-state index is 5.25. The highest BCUT2D eigenvalue weighted by molar-refractivity contribution is 5.87. The molecule has 318 valence electrons. The second kappa shape index (κ2) is 16.5. The predicted molar refractivity (Wildman–Crippen MR) is 276 cm³/mol.